The van der Waals surface area contributed by atoms with Gasteiger partial charge in [0.05, 0.1) is 46.0 Å². The van der Waals surface area contributed by atoms with Gasteiger partial charge in [-0.3, -0.25) is 10.1 Å². The van der Waals surface area contributed by atoms with E-state index in [0.29, 0.717) is 12.3 Å². The van der Waals surface area contributed by atoms with Crippen LogP contribution in [-0.4, -0.2) is 45.7 Å². The third kappa shape index (κ3) is 4.77. The number of amides is 1. The van der Waals surface area contributed by atoms with E-state index in [9.17, 15) is 14.9 Å². The summed E-state index contributed by atoms with van der Waals surface area (Å²) in [6.07, 6.45) is 1.25. The summed E-state index contributed by atoms with van der Waals surface area (Å²) in [6, 6.07) is 13.1. The van der Waals surface area contributed by atoms with Crippen LogP contribution in [-0.2, 0) is 6.42 Å². The molecule has 2 aromatic heterocycles. The molecule has 1 N–H and O–H groups in total. The van der Waals surface area contributed by atoms with Gasteiger partial charge >= 0.3 is 6.09 Å². The summed E-state index contributed by atoms with van der Waals surface area (Å²) in [5.41, 5.74) is 5.25. The number of non-ortho nitro benzene ring substituents is 1. The van der Waals surface area contributed by atoms with Gasteiger partial charge in [0.2, 0.25) is 5.88 Å². The van der Waals surface area contributed by atoms with Crippen molar-refractivity contribution in [3.05, 3.63) is 76.0 Å². The number of methoxy groups -OCH3 is 1. The highest BCUT2D eigenvalue weighted by Crippen LogP contribution is 2.41. The van der Waals surface area contributed by atoms with Crippen molar-refractivity contribution in [1.82, 2.24) is 20.3 Å². The van der Waals surface area contributed by atoms with Gasteiger partial charge in [0.25, 0.3) is 5.69 Å². The quantitative estimate of drug-likeness (QED) is 0.225. The van der Waals surface area contributed by atoms with Crippen LogP contribution in [0.3, 0.4) is 0 Å². The number of ether oxygens (including phenoxy) is 3. The minimum absolute atomic E-state index is 0.0823. The Hall–Kier alpha value is -4.84. The third-order valence-electron chi connectivity index (χ3n) is 6.28. The minimum Gasteiger partial charge on any atom is -0.488 e. The molecule has 0 fully saturated rings. The number of hydrogen-bond acceptors (Lipinski definition) is 10. The first-order valence-electron chi connectivity index (χ1n) is 12.0. The number of nitro benzene ring substituents is 1. The summed E-state index contributed by atoms with van der Waals surface area (Å²) in [7, 11) is 1.56. The van der Waals surface area contributed by atoms with E-state index in [1.807, 2.05) is 25.1 Å². The molecule has 5 aromatic rings. The summed E-state index contributed by atoms with van der Waals surface area (Å²) in [5.74, 6) is 1.42. The fraction of sp³-hybridized carbons (Fsp3) is 0.185. The van der Waals surface area contributed by atoms with Crippen molar-refractivity contribution < 1.29 is 23.9 Å². The lowest BCUT2D eigenvalue weighted by Gasteiger charge is -2.12. The van der Waals surface area contributed by atoms with E-state index in [0.717, 1.165) is 48.7 Å². The largest absolute Gasteiger partial charge is 0.488 e. The number of aromatic nitrogens is 3. The second-order valence-corrected chi connectivity index (χ2v) is 9.97. The number of benzene rings is 3. The summed E-state index contributed by atoms with van der Waals surface area (Å²) in [6.45, 7) is 2.24. The first-order chi connectivity index (χ1) is 18.9. The third-order valence-corrected chi connectivity index (χ3v) is 7.45. The normalized spacial score (nSPS) is 14.2. The zero-order valence-electron chi connectivity index (χ0n) is 20.8. The van der Waals surface area contributed by atoms with E-state index in [4.69, 9.17) is 19.2 Å². The predicted molar refractivity (Wildman–Crippen MR) is 145 cm³/mol. The van der Waals surface area contributed by atoms with Crippen molar-refractivity contribution in [2.45, 2.75) is 19.4 Å². The number of nitrogens with zero attached hydrogens (tertiary/aromatic N) is 4. The van der Waals surface area contributed by atoms with Crippen molar-refractivity contribution in [1.29, 1.82) is 0 Å². The van der Waals surface area contributed by atoms with E-state index < -0.39 is 11.0 Å². The van der Waals surface area contributed by atoms with Crippen LogP contribution >= 0.6 is 11.3 Å². The molecule has 12 heteroatoms. The maximum Gasteiger partial charge on any atom is 0.412 e. The molecule has 0 spiro atoms. The highest BCUT2D eigenvalue weighted by Gasteiger charge is 2.27. The average molecular weight is 544 g/mol. The van der Waals surface area contributed by atoms with Gasteiger partial charge < -0.3 is 19.5 Å². The van der Waals surface area contributed by atoms with E-state index >= 15 is 0 Å². The van der Waals surface area contributed by atoms with Gasteiger partial charge in [0, 0.05) is 29.7 Å². The second-order valence-electron chi connectivity index (χ2n) is 8.97. The van der Waals surface area contributed by atoms with Crippen molar-refractivity contribution in [3.63, 3.8) is 0 Å². The van der Waals surface area contributed by atoms with Gasteiger partial charge in [0.1, 0.15) is 22.6 Å². The highest BCUT2D eigenvalue weighted by atomic mass is 32.1. The molecule has 1 unspecified atom stereocenters. The van der Waals surface area contributed by atoms with Gasteiger partial charge in [0.15, 0.2) is 0 Å². The van der Waals surface area contributed by atoms with Crippen molar-refractivity contribution in [2.24, 2.45) is 0 Å². The molecule has 39 heavy (non-hydrogen) atoms. The molecule has 1 aliphatic heterocycles. The zero-order valence-corrected chi connectivity index (χ0v) is 21.7. The van der Waals surface area contributed by atoms with Crippen molar-refractivity contribution >= 4 is 44.4 Å². The van der Waals surface area contributed by atoms with Gasteiger partial charge in [-0.05, 0) is 48.9 Å². The van der Waals surface area contributed by atoms with Crippen LogP contribution in [0.25, 0.3) is 31.8 Å². The molecule has 0 aliphatic carbocycles. The molecule has 3 heterocycles. The first kappa shape index (κ1) is 24.5. The molecular formula is C27H21N5O6S. The summed E-state index contributed by atoms with van der Waals surface area (Å²) < 4.78 is 17.6. The Morgan fingerprint density at radius 2 is 2.00 bits per heavy atom. The fourth-order valence-electron chi connectivity index (χ4n) is 4.50. The Morgan fingerprint density at radius 3 is 2.77 bits per heavy atom. The molecule has 3 aromatic carbocycles. The second kappa shape index (κ2) is 9.80. The molecule has 0 bridgehead atoms. The van der Waals surface area contributed by atoms with E-state index in [-0.39, 0.29) is 24.1 Å². The van der Waals surface area contributed by atoms with Crippen LogP contribution in [0.15, 0.2) is 54.7 Å². The summed E-state index contributed by atoms with van der Waals surface area (Å²) in [5, 5.41) is 14.3. The molecular weight excluding hydrogens is 522 g/mol. The number of thiazole rings is 1. The molecule has 6 rings (SSSR count). The lowest BCUT2D eigenvalue weighted by atomic mass is 10.1. The number of carbonyl (C=O) groups is 1. The number of carbonyl (C=O) groups excluding carboxylic acids is 1. The van der Waals surface area contributed by atoms with Crippen LogP contribution in [0, 0.1) is 17.0 Å². The van der Waals surface area contributed by atoms with Crippen LogP contribution < -0.4 is 19.5 Å². The zero-order chi connectivity index (χ0) is 27.1. The van der Waals surface area contributed by atoms with Gasteiger partial charge in [-0.25, -0.2) is 19.7 Å². The lowest BCUT2D eigenvalue weighted by molar-refractivity contribution is -0.384. The summed E-state index contributed by atoms with van der Waals surface area (Å²) >= 11 is 1.57. The number of rotatable bonds is 6. The van der Waals surface area contributed by atoms with Crippen LogP contribution in [0.2, 0.25) is 0 Å². The fourth-order valence-corrected chi connectivity index (χ4v) is 5.62. The predicted octanol–water partition coefficient (Wildman–Crippen LogP) is 5.22. The minimum atomic E-state index is -0.669. The topological polar surface area (TPSA) is 139 Å². The maximum atomic E-state index is 12.3. The molecule has 0 radical (unpaired) electrons. The monoisotopic (exact) mass is 543 g/mol. The van der Waals surface area contributed by atoms with Crippen molar-refractivity contribution in [2.75, 3.05) is 13.7 Å². The maximum absolute atomic E-state index is 12.3. The number of nitro groups is 1. The molecule has 1 aliphatic rings. The average Bonchev–Trinajstić information content (AvgIpc) is 3.55. The van der Waals surface area contributed by atoms with Gasteiger partial charge in [-0.2, -0.15) is 0 Å². The number of fused-ring (bicyclic) bond motifs is 4. The molecule has 1 amide bonds. The Balaban J connectivity index is 1.19. The molecule has 0 saturated heterocycles. The van der Waals surface area contributed by atoms with Crippen LogP contribution in [0.4, 0.5) is 10.5 Å². The Bertz CT molecular complexity index is 1750. The SMILES string of the molecule is COc1cnc2c(-c3nc4ccc5c(c4s3)CC(CNC(=O)Oc3ccc([N+](=O)[O-])cc3)O5)cc(C)cc2n1. The van der Waals surface area contributed by atoms with E-state index in [2.05, 4.69) is 21.4 Å². The Morgan fingerprint density at radius 1 is 1.18 bits per heavy atom. The molecule has 11 nitrogen and oxygen atoms in total. The Kier molecular flexibility index (Phi) is 6.15. The van der Waals surface area contributed by atoms with Crippen LogP contribution in [0.1, 0.15) is 11.1 Å². The first-order valence-corrected chi connectivity index (χ1v) is 12.8. The van der Waals surface area contributed by atoms with Gasteiger partial charge in [-0.1, -0.05) is 0 Å². The number of nitrogens with one attached hydrogen (secondary N) is 1. The highest BCUT2D eigenvalue weighted by molar-refractivity contribution is 7.22. The van der Waals surface area contributed by atoms with Crippen molar-refractivity contribution in [3.8, 4) is 28.0 Å². The molecule has 0 saturated carbocycles. The van der Waals surface area contributed by atoms with E-state index in [1.165, 1.54) is 24.3 Å². The number of aryl methyl sites for hydroxylation is 1. The lowest BCUT2D eigenvalue weighted by Crippen LogP contribution is -2.36. The van der Waals surface area contributed by atoms with E-state index in [1.54, 1.807) is 24.6 Å². The smallest absolute Gasteiger partial charge is 0.412 e. The number of hydrogen-bond donors (Lipinski definition) is 1. The summed E-state index contributed by atoms with van der Waals surface area (Å²) in [4.78, 5) is 36.5. The molecule has 1 atom stereocenters. The van der Waals surface area contributed by atoms with Gasteiger partial charge in [-0.15, -0.1) is 11.3 Å². The van der Waals surface area contributed by atoms with Crippen LogP contribution in [0.5, 0.6) is 17.4 Å². The molecule has 196 valence electrons. The Labute approximate surface area is 225 Å². The standard InChI is InChI=1S/C27H21N5O6S/c1-14-9-19(24-21(10-14)30-23(36-2)13-28-24)26-31-20-7-8-22-18(25(20)39-26)11-17(37-22)12-29-27(33)38-16-5-3-15(4-6-16)32(34)35/h3-10,13,17H,11-12H2,1-2H3,(H,29,33).